The summed E-state index contributed by atoms with van der Waals surface area (Å²) in [6, 6.07) is 5.80. The number of rotatable bonds is 6. The number of hydrogen-bond donors (Lipinski definition) is 0. The van der Waals surface area contributed by atoms with Gasteiger partial charge in [0.15, 0.2) is 11.5 Å². The molecule has 26 heavy (non-hydrogen) atoms. The third-order valence-electron chi connectivity index (χ3n) is 5.10. The summed E-state index contributed by atoms with van der Waals surface area (Å²) in [5, 5.41) is 4.04. The van der Waals surface area contributed by atoms with Gasteiger partial charge in [0.05, 0.1) is 18.3 Å². The summed E-state index contributed by atoms with van der Waals surface area (Å²) in [7, 11) is 1.75. The fraction of sp³-hybridized carbons (Fsp3) is 0.600. The van der Waals surface area contributed by atoms with Gasteiger partial charge in [0.25, 0.3) is 5.91 Å². The second-order valence-electron chi connectivity index (χ2n) is 7.51. The Labute approximate surface area is 155 Å². The van der Waals surface area contributed by atoms with Crippen LogP contribution in [0.2, 0.25) is 0 Å². The lowest BCUT2D eigenvalue weighted by atomic mass is 10.1. The summed E-state index contributed by atoms with van der Waals surface area (Å²) in [6.45, 7) is 8.82. The molecular weight excluding hydrogens is 330 g/mol. The van der Waals surface area contributed by atoms with Gasteiger partial charge in [-0.05, 0) is 50.9 Å². The lowest BCUT2D eigenvalue weighted by Crippen LogP contribution is -2.32. The van der Waals surface area contributed by atoms with Crippen LogP contribution in [-0.2, 0) is 6.54 Å². The molecule has 1 aliphatic rings. The molecule has 3 heterocycles. The van der Waals surface area contributed by atoms with Gasteiger partial charge >= 0.3 is 0 Å². The molecule has 1 atom stereocenters. The number of amides is 1. The standard InChI is InChI=1S/C20H29N3O3/c1-14(2)17-12-16(26-21-17)13-22(4)20(24)19-9-8-18(25-19)15(3)23-10-6-5-7-11-23/h8-9,12,14-15H,5-7,10-11,13H2,1-4H3/t15-/m1/s1. The van der Waals surface area contributed by atoms with Crippen LogP contribution in [-0.4, -0.2) is 41.0 Å². The van der Waals surface area contributed by atoms with Crippen LogP contribution < -0.4 is 0 Å². The van der Waals surface area contributed by atoms with Gasteiger partial charge in [0.2, 0.25) is 0 Å². The zero-order chi connectivity index (χ0) is 18.7. The number of hydrogen-bond acceptors (Lipinski definition) is 5. The van der Waals surface area contributed by atoms with E-state index >= 15 is 0 Å². The highest BCUT2D eigenvalue weighted by molar-refractivity contribution is 5.91. The van der Waals surface area contributed by atoms with Crippen molar-refractivity contribution in [3.8, 4) is 0 Å². The Hall–Kier alpha value is -2.08. The first-order valence-corrected chi connectivity index (χ1v) is 9.50. The molecule has 0 aromatic carbocycles. The summed E-state index contributed by atoms with van der Waals surface area (Å²) in [4.78, 5) is 16.7. The molecule has 6 nitrogen and oxygen atoms in total. The molecule has 0 spiro atoms. The summed E-state index contributed by atoms with van der Waals surface area (Å²) in [5.74, 6) is 2.06. The number of carbonyl (C=O) groups excluding carboxylic acids is 1. The van der Waals surface area contributed by atoms with Crippen LogP contribution >= 0.6 is 0 Å². The van der Waals surface area contributed by atoms with Crippen molar-refractivity contribution < 1.29 is 13.7 Å². The molecule has 2 aromatic rings. The first kappa shape index (κ1) is 18.7. The largest absolute Gasteiger partial charge is 0.454 e. The van der Waals surface area contributed by atoms with Crippen LogP contribution in [0.5, 0.6) is 0 Å². The first-order chi connectivity index (χ1) is 12.5. The lowest BCUT2D eigenvalue weighted by Gasteiger charge is -2.31. The van der Waals surface area contributed by atoms with Crippen LogP contribution in [0.4, 0.5) is 0 Å². The van der Waals surface area contributed by atoms with Crippen molar-refractivity contribution in [1.82, 2.24) is 15.0 Å². The Kier molecular flexibility index (Phi) is 5.81. The molecule has 0 N–H and O–H groups in total. The molecule has 3 rings (SSSR count). The van der Waals surface area contributed by atoms with Crippen molar-refractivity contribution in [2.24, 2.45) is 0 Å². The quantitative estimate of drug-likeness (QED) is 0.773. The van der Waals surface area contributed by atoms with E-state index in [-0.39, 0.29) is 11.9 Å². The number of aromatic nitrogens is 1. The second kappa shape index (κ2) is 8.08. The monoisotopic (exact) mass is 359 g/mol. The molecule has 1 aliphatic heterocycles. The molecule has 1 amide bonds. The normalized spacial score (nSPS) is 16.8. The topological polar surface area (TPSA) is 62.7 Å². The van der Waals surface area contributed by atoms with E-state index < -0.39 is 0 Å². The van der Waals surface area contributed by atoms with Crippen molar-refractivity contribution in [2.75, 3.05) is 20.1 Å². The Morgan fingerprint density at radius 2 is 1.96 bits per heavy atom. The Bertz CT molecular complexity index is 728. The molecule has 1 fully saturated rings. The molecular formula is C20H29N3O3. The lowest BCUT2D eigenvalue weighted by molar-refractivity contribution is 0.0732. The highest BCUT2D eigenvalue weighted by Crippen LogP contribution is 2.26. The van der Waals surface area contributed by atoms with Crippen molar-refractivity contribution in [1.29, 1.82) is 0 Å². The molecule has 0 unspecified atom stereocenters. The van der Waals surface area contributed by atoms with Gasteiger partial charge < -0.3 is 13.8 Å². The van der Waals surface area contributed by atoms with E-state index in [9.17, 15) is 4.79 Å². The van der Waals surface area contributed by atoms with E-state index in [2.05, 4.69) is 30.8 Å². The fourth-order valence-electron chi connectivity index (χ4n) is 3.35. The zero-order valence-electron chi connectivity index (χ0n) is 16.2. The van der Waals surface area contributed by atoms with Gasteiger partial charge in [-0.15, -0.1) is 0 Å². The van der Waals surface area contributed by atoms with E-state index in [0.29, 0.717) is 24.0 Å². The van der Waals surface area contributed by atoms with Crippen LogP contribution in [0.3, 0.4) is 0 Å². The highest BCUT2D eigenvalue weighted by Gasteiger charge is 2.23. The number of piperidine rings is 1. The van der Waals surface area contributed by atoms with Crippen LogP contribution in [0.25, 0.3) is 0 Å². The fourth-order valence-corrected chi connectivity index (χ4v) is 3.35. The minimum Gasteiger partial charge on any atom is -0.454 e. The molecule has 0 aliphatic carbocycles. The second-order valence-corrected chi connectivity index (χ2v) is 7.51. The number of likely N-dealkylation sites (tertiary alicyclic amines) is 1. The summed E-state index contributed by atoms with van der Waals surface area (Å²) in [5.41, 5.74) is 0.900. The van der Waals surface area contributed by atoms with E-state index in [1.807, 2.05) is 12.1 Å². The van der Waals surface area contributed by atoms with Crippen LogP contribution in [0.1, 0.15) is 79.8 Å². The third kappa shape index (κ3) is 4.18. The average Bonchev–Trinajstić information content (AvgIpc) is 3.31. The Balaban J connectivity index is 1.62. The van der Waals surface area contributed by atoms with Gasteiger partial charge in [-0.25, -0.2) is 0 Å². The number of nitrogens with zero attached hydrogens (tertiary/aromatic N) is 3. The number of carbonyl (C=O) groups is 1. The summed E-state index contributed by atoms with van der Waals surface area (Å²) < 4.78 is 11.2. The molecule has 142 valence electrons. The van der Waals surface area contributed by atoms with Crippen LogP contribution in [0, 0.1) is 0 Å². The average molecular weight is 359 g/mol. The van der Waals surface area contributed by atoms with E-state index in [1.54, 1.807) is 18.0 Å². The molecule has 0 radical (unpaired) electrons. The molecule has 1 saturated heterocycles. The van der Waals surface area contributed by atoms with Crippen molar-refractivity contribution in [3.63, 3.8) is 0 Å². The van der Waals surface area contributed by atoms with Gasteiger partial charge in [0.1, 0.15) is 5.76 Å². The molecule has 0 bridgehead atoms. The summed E-state index contributed by atoms with van der Waals surface area (Å²) in [6.07, 6.45) is 3.76. The Morgan fingerprint density at radius 1 is 1.23 bits per heavy atom. The minimum absolute atomic E-state index is 0.149. The minimum atomic E-state index is -0.149. The van der Waals surface area contributed by atoms with Crippen molar-refractivity contribution in [2.45, 2.75) is 58.5 Å². The predicted molar refractivity (Wildman–Crippen MR) is 98.9 cm³/mol. The predicted octanol–water partition coefficient (Wildman–Crippen LogP) is 4.21. The maximum Gasteiger partial charge on any atom is 0.289 e. The van der Waals surface area contributed by atoms with E-state index in [0.717, 1.165) is 24.5 Å². The van der Waals surface area contributed by atoms with Crippen LogP contribution in [0.15, 0.2) is 27.1 Å². The molecule has 0 saturated carbocycles. The SMILES string of the molecule is CC(C)c1cc(CN(C)C(=O)c2ccc([C@@H](C)N3CCCCC3)o2)on1. The number of furan rings is 1. The smallest absolute Gasteiger partial charge is 0.289 e. The Morgan fingerprint density at radius 3 is 2.62 bits per heavy atom. The van der Waals surface area contributed by atoms with E-state index in [1.165, 1.54) is 19.3 Å². The zero-order valence-corrected chi connectivity index (χ0v) is 16.2. The molecule has 6 heteroatoms. The van der Waals surface area contributed by atoms with E-state index in [4.69, 9.17) is 8.94 Å². The van der Waals surface area contributed by atoms with Gasteiger partial charge in [-0.1, -0.05) is 25.4 Å². The third-order valence-corrected chi connectivity index (χ3v) is 5.10. The first-order valence-electron chi connectivity index (χ1n) is 9.50. The maximum absolute atomic E-state index is 12.7. The summed E-state index contributed by atoms with van der Waals surface area (Å²) >= 11 is 0. The van der Waals surface area contributed by atoms with Crippen molar-refractivity contribution in [3.05, 3.63) is 41.2 Å². The van der Waals surface area contributed by atoms with Gasteiger partial charge in [0, 0.05) is 13.1 Å². The van der Waals surface area contributed by atoms with Gasteiger partial charge in [-0.2, -0.15) is 0 Å². The van der Waals surface area contributed by atoms with Crippen molar-refractivity contribution >= 4 is 5.91 Å². The maximum atomic E-state index is 12.7. The highest BCUT2D eigenvalue weighted by atomic mass is 16.5. The van der Waals surface area contributed by atoms with Gasteiger partial charge in [-0.3, -0.25) is 9.69 Å². The molecule has 2 aromatic heterocycles.